The maximum atomic E-state index is 12.0. The molecule has 2 aromatic rings. The first-order valence-corrected chi connectivity index (χ1v) is 8.74. The van der Waals surface area contributed by atoms with Crippen LogP contribution in [0, 0.1) is 10.1 Å². The monoisotopic (exact) mass is 380 g/mol. The zero-order chi connectivity index (χ0) is 19.2. The van der Waals surface area contributed by atoms with Gasteiger partial charge >= 0.3 is 6.03 Å². The number of benzene rings is 2. The third-order valence-corrected chi connectivity index (χ3v) is 4.62. The number of methoxy groups -OCH3 is 1. The summed E-state index contributed by atoms with van der Waals surface area (Å²) in [6, 6.07) is 10.6. The van der Waals surface area contributed by atoms with E-state index >= 15 is 0 Å². The summed E-state index contributed by atoms with van der Waals surface area (Å²) in [5, 5.41) is 15.5. The van der Waals surface area contributed by atoms with Crippen molar-refractivity contribution in [1.82, 2.24) is 10.0 Å². The maximum Gasteiger partial charge on any atom is 0.320 e. The average molecular weight is 380 g/mol. The zero-order valence-electron chi connectivity index (χ0n) is 13.6. The van der Waals surface area contributed by atoms with Crippen molar-refractivity contribution in [2.75, 3.05) is 19.1 Å². The van der Waals surface area contributed by atoms with Crippen molar-refractivity contribution in [3.05, 3.63) is 58.6 Å². The van der Waals surface area contributed by atoms with Gasteiger partial charge in [0, 0.05) is 12.1 Å². The van der Waals surface area contributed by atoms with Gasteiger partial charge in [-0.25, -0.2) is 13.2 Å². The quantitative estimate of drug-likeness (QED) is 0.379. The molecule has 0 atom stereocenters. The van der Waals surface area contributed by atoms with Crippen LogP contribution in [0.15, 0.2) is 53.4 Å². The fourth-order valence-corrected chi connectivity index (χ4v) is 2.91. The van der Waals surface area contributed by atoms with Crippen LogP contribution in [0.4, 0.5) is 16.2 Å². The highest BCUT2D eigenvalue weighted by Gasteiger charge is 2.15. The summed E-state index contributed by atoms with van der Waals surface area (Å²) in [7, 11) is -2.42. The first-order valence-electron chi connectivity index (χ1n) is 7.25. The molecule has 0 spiro atoms. The number of nitro benzene ring substituents is 1. The number of nitrogens with one attached hydrogen (secondary N) is 3. The highest BCUT2D eigenvalue weighted by molar-refractivity contribution is 7.89. The number of sulfonamides is 1. The molecular formula is C15H16N4O6S. The van der Waals surface area contributed by atoms with Gasteiger partial charge in [0.15, 0.2) is 0 Å². The van der Waals surface area contributed by atoms with Gasteiger partial charge in [0.1, 0.15) is 5.75 Å². The Hall–Kier alpha value is -3.18. The van der Waals surface area contributed by atoms with Crippen LogP contribution in [0.25, 0.3) is 0 Å². The number of nitro groups is 1. The molecular weight excluding hydrogens is 364 g/mol. The number of nitrogens with zero attached hydrogens (tertiary/aromatic N) is 1. The topological polar surface area (TPSA) is 140 Å². The number of carbonyl (C=O) groups is 1. The SMILES string of the molecule is COc1ccc([N+](=O)[O-])cc1NC(=O)NCNS(=O)(=O)c1ccccc1. The van der Waals surface area contributed by atoms with Gasteiger partial charge in [0.05, 0.1) is 29.3 Å². The van der Waals surface area contributed by atoms with Crippen LogP contribution >= 0.6 is 0 Å². The molecule has 0 radical (unpaired) electrons. The van der Waals surface area contributed by atoms with E-state index in [1.165, 1.54) is 31.4 Å². The Morgan fingerprint density at radius 2 is 1.88 bits per heavy atom. The third kappa shape index (κ3) is 4.91. The number of hydrogen-bond acceptors (Lipinski definition) is 6. The summed E-state index contributed by atoms with van der Waals surface area (Å²) in [6.45, 7) is -0.375. The number of hydrogen-bond donors (Lipinski definition) is 3. The highest BCUT2D eigenvalue weighted by Crippen LogP contribution is 2.28. The molecule has 0 unspecified atom stereocenters. The molecule has 0 aliphatic rings. The molecule has 0 aliphatic heterocycles. The van der Waals surface area contributed by atoms with Crippen molar-refractivity contribution in [3.8, 4) is 5.75 Å². The molecule has 0 saturated heterocycles. The number of non-ortho nitro benzene ring substituents is 1. The minimum Gasteiger partial charge on any atom is -0.495 e. The standard InChI is InChI=1S/C15H16N4O6S/c1-25-14-8-7-11(19(21)22)9-13(14)18-15(20)16-10-17-26(23,24)12-5-3-2-4-6-12/h2-9,17H,10H2,1H3,(H2,16,18,20). The fourth-order valence-electron chi connectivity index (χ4n) is 1.97. The van der Waals surface area contributed by atoms with Crippen LogP contribution in [0.1, 0.15) is 0 Å². The molecule has 0 heterocycles. The molecule has 26 heavy (non-hydrogen) atoms. The lowest BCUT2D eigenvalue weighted by atomic mass is 10.2. The summed E-state index contributed by atoms with van der Waals surface area (Å²) in [5.41, 5.74) is -0.156. The van der Waals surface area contributed by atoms with Gasteiger partial charge in [-0.2, -0.15) is 4.72 Å². The molecule has 3 N–H and O–H groups in total. The van der Waals surface area contributed by atoms with E-state index in [1.807, 2.05) is 0 Å². The molecule has 0 aliphatic carbocycles. The predicted molar refractivity (Wildman–Crippen MR) is 93.4 cm³/mol. The number of urea groups is 1. The Balaban J connectivity index is 1.97. The van der Waals surface area contributed by atoms with Crippen LogP contribution < -0.4 is 20.1 Å². The Kier molecular flexibility index (Phi) is 6.09. The second-order valence-electron chi connectivity index (χ2n) is 4.91. The first-order chi connectivity index (χ1) is 12.3. The van der Waals surface area contributed by atoms with Gasteiger partial charge in [-0.05, 0) is 18.2 Å². The molecule has 2 amide bonds. The molecule has 11 heteroatoms. The van der Waals surface area contributed by atoms with Crippen molar-refractivity contribution >= 4 is 27.4 Å². The van der Waals surface area contributed by atoms with Crippen LogP contribution in [0.2, 0.25) is 0 Å². The van der Waals surface area contributed by atoms with Crippen molar-refractivity contribution in [2.24, 2.45) is 0 Å². The molecule has 10 nitrogen and oxygen atoms in total. The second kappa shape index (κ2) is 8.27. The van der Waals surface area contributed by atoms with E-state index < -0.39 is 21.0 Å². The Bertz CT molecular complexity index is 902. The lowest BCUT2D eigenvalue weighted by Crippen LogP contribution is -2.39. The van der Waals surface area contributed by atoms with Crippen molar-refractivity contribution in [2.45, 2.75) is 4.90 Å². The van der Waals surface area contributed by atoms with Crippen molar-refractivity contribution in [3.63, 3.8) is 0 Å². The largest absolute Gasteiger partial charge is 0.495 e. The Labute approximate surface area is 149 Å². The zero-order valence-corrected chi connectivity index (χ0v) is 14.4. The maximum absolute atomic E-state index is 12.0. The molecule has 0 saturated carbocycles. The number of ether oxygens (including phenoxy) is 1. The van der Waals surface area contributed by atoms with E-state index in [9.17, 15) is 23.3 Å². The van der Waals surface area contributed by atoms with Gasteiger partial charge in [0.2, 0.25) is 10.0 Å². The molecule has 138 valence electrons. The summed E-state index contributed by atoms with van der Waals surface area (Å²) in [6.07, 6.45) is 0. The normalized spacial score (nSPS) is 10.8. The first kappa shape index (κ1) is 19.1. The van der Waals surface area contributed by atoms with Gasteiger partial charge in [0.25, 0.3) is 5.69 Å². The van der Waals surface area contributed by atoms with Gasteiger partial charge in [-0.15, -0.1) is 0 Å². The van der Waals surface area contributed by atoms with Gasteiger partial charge < -0.3 is 15.4 Å². The summed E-state index contributed by atoms with van der Waals surface area (Å²) >= 11 is 0. The van der Waals surface area contributed by atoms with E-state index in [0.717, 1.165) is 6.07 Å². The molecule has 2 rings (SSSR count). The summed E-state index contributed by atoms with van der Waals surface area (Å²) < 4.78 is 31.3. The van der Waals surface area contributed by atoms with Crippen molar-refractivity contribution < 1.29 is 22.9 Å². The lowest BCUT2D eigenvalue weighted by Gasteiger charge is -2.12. The van der Waals surface area contributed by atoms with Crippen LogP contribution in [0.5, 0.6) is 5.75 Å². The molecule has 2 aromatic carbocycles. The van der Waals surface area contributed by atoms with Crippen molar-refractivity contribution in [1.29, 1.82) is 0 Å². The van der Waals surface area contributed by atoms with Gasteiger partial charge in [-0.3, -0.25) is 10.1 Å². The fraction of sp³-hybridized carbons (Fsp3) is 0.133. The number of anilines is 1. The van der Waals surface area contributed by atoms with Gasteiger partial charge in [-0.1, -0.05) is 18.2 Å². The van der Waals surface area contributed by atoms with Crippen LogP contribution in [0.3, 0.4) is 0 Å². The van der Waals surface area contributed by atoms with E-state index in [-0.39, 0.29) is 28.7 Å². The van der Waals surface area contributed by atoms with E-state index in [2.05, 4.69) is 15.4 Å². The van der Waals surface area contributed by atoms with E-state index in [1.54, 1.807) is 18.2 Å². The number of amides is 2. The highest BCUT2D eigenvalue weighted by atomic mass is 32.2. The van der Waals surface area contributed by atoms with Crippen LogP contribution in [-0.2, 0) is 10.0 Å². The second-order valence-corrected chi connectivity index (χ2v) is 6.68. The third-order valence-electron chi connectivity index (χ3n) is 3.21. The summed E-state index contributed by atoms with van der Waals surface area (Å²) in [5.74, 6) is 0.218. The minimum absolute atomic E-state index is 0.0579. The number of rotatable bonds is 7. The van der Waals surface area contributed by atoms with E-state index in [0.29, 0.717) is 0 Å². The minimum atomic E-state index is -3.77. The molecule has 0 aromatic heterocycles. The predicted octanol–water partition coefficient (Wildman–Crippen LogP) is 1.66. The average Bonchev–Trinajstić information content (AvgIpc) is 2.62. The lowest BCUT2D eigenvalue weighted by molar-refractivity contribution is -0.384. The number of carbonyl (C=O) groups excluding carboxylic acids is 1. The summed E-state index contributed by atoms with van der Waals surface area (Å²) in [4.78, 5) is 22.2. The molecule has 0 bridgehead atoms. The molecule has 0 fully saturated rings. The Morgan fingerprint density at radius 3 is 2.50 bits per heavy atom. The van der Waals surface area contributed by atoms with Crippen LogP contribution in [-0.4, -0.2) is 33.2 Å². The smallest absolute Gasteiger partial charge is 0.320 e. The Morgan fingerprint density at radius 1 is 1.19 bits per heavy atom. The van der Waals surface area contributed by atoms with E-state index in [4.69, 9.17) is 4.74 Å².